The molecule has 0 aliphatic carbocycles. The number of amides is 2. The second kappa shape index (κ2) is 5.09. The highest BCUT2D eigenvalue weighted by molar-refractivity contribution is 5.98. The van der Waals surface area contributed by atoms with Gasteiger partial charge in [-0.3, -0.25) is 9.59 Å². The van der Waals surface area contributed by atoms with E-state index in [-0.39, 0.29) is 23.8 Å². The van der Waals surface area contributed by atoms with Crippen LogP contribution in [0.4, 0.5) is 5.69 Å². The van der Waals surface area contributed by atoms with Gasteiger partial charge in [-0.15, -0.1) is 0 Å². The summed E-state index contributed by atoms with van der Waals surface area (Å²) in [6.45, 7) is 2.01. The Morgan fingerprint density at radius 1 is 1.42 bits per heavy atom. The molecule has 1 fully saturated rings. The van der Waals surface area contributed by atoms with Crippen LogP contribution in [0.3, 0.4) is 0 Å². The quantitative estimate of drug-likeness (QED) is 0.749. The Morgan fingerprint density at radius 3 is 2.74 bits per heavy atom. The number of aryl methyl sites for hydroxylation is 1. The summed E-state index contributed by atoms with van der Waals surface area (Å²) in [5, 5.41) is 14.2. The highest BCUT2D eigenvalue weighted by Gasteiger charge is 2.27. The van der Waals surface area contributed by atoms with E-state index in [1.54, 1.807) is 19.1 Å². The van der Waals surface area contributed by atoms with Crippen molar-refractivity contribution in [3.05, 3.63) is 29.3 Å². The number of nitrogens with one attached hydrogen (secondary N) is 2. The van der Waals surface area contributed by atoms with Crippen molar-refractivity contribution in [2.24, 2.45) is 5.92 Å². The lowest BCUT2D eigenvalue weighted by Crippen LogP contribution is -2.24. The van der Waals surface area contributed by atoms with Crippen molar-refractivity contribution in [2.45, 2.75) is 13.3 Å². The monoisotopic (exact) mass is 262 g/mol. The molecular formula is C13H14N2O4. The molecular weight excluding hydrogens is 248 g/mol. The third-order valence-electron chi connectivity index (χ3n) is 3.08. The number of hydrogen-bond donors (Lipinski definition) is 3. The largest absolute Gasteiger partial charge is 0.478 e. The third-order valence-corrected chi connectivity index (χ3v) is 3.08. The van der Waals surface area contributed by atoms with E-state index >= 15 is 0 Å². The predicted octanol–water partition coefficient (Wildman–Crippen LogP) is 0.768. The number of carboxylic acids is 1. The molecule has 0 bridgehead atoms. The molecule has 1 aromatic rings. The number of hydrogen-bond acceptors (Lipinski definition) is 3. The summed E-state index contributed by atoms with van der Waals surface area (Å²) in [6, 6.07) is 4.70. The molecule has 0 aromatic heterocycles. The Morgan fingerprint density at radius 2 is 2.16 bits per heavy atom. The number of carboxylic acid groups (broad SMARTS) is 1. The summed E-state index contributed by atoms with van der Waals surface area (Å²) in [5.74, 6) is -1.86. The fraction of sp³-hybridized carbons (Fsp3) is 0.308. The molecule has 6 heteroatoms. The topological polar surface area (TPSA) is 95.5 Å². The van der Waals surface area contributed by atoms with E-state index < -0.39 is 11.9 Å². The SMILES string of the molecule is Cc1ccc(NC(=O)C2CNC(=O)C2)cc1C(=O)O. The van der Waals surface area contributed by atoms with Crippen molar-refractivity contribution < 1.29 is 19.5 Å². The summed E-state index contributed by atoms with van der Waals surface area (Å²) < 4.78 is 0. The van der Waals surface area contributed by atoms with Gasteiger partial charge >= 0.3 is 5.97 Å². The summed E-state index contributed by atoms with van der Waals surface area (Å²) in [4.78, 5) is 33.9. The molecule has 2 amide bonds. The number of aromatic carboxylic acids is 1. The predicted molar refractivity (Wildman–Crippen MR) is 67.9 cm³/mol. The fourth-order valence-corrected chi connectivity index (χ4v) is 1.97. The lowest BCUT2D eigenvalue weighted by molar-refractivity contribution is -0.123. The number of benzene rings is 1. The molecule has 0 radical (unpaired) electrons. The highest BCUT2D eigenvalue weighted by atomic mass is 16.4. The van der Waals surface area contributed by atoms with Gasteiger partial charge in [-0.05, 0) is 24.6 Å². The van der Waals surface area contributed by atoms with Gasteiger partial charge in [-0.1, -0.05) is 6.07 Å². The molecule has 6 nitrogen and oxygen atoms in total. The number of anilines is 1. The van der Waals surface area contributed by atoms with Gasteiger partial charge in [0.25, 0.3) is 0 Å². The fourth-order valence-electron chi connectivity index (χ4n) is 1.97. The Hall–Kier alpha value is -2.37. The zero-order valence-corrected chi connectivity index (χ0v) is 10.4. The van der Waals surface area contributed by atoms with Crippen molar-refractivity contribution in [1.29, 1.82) is 0 Å². The van der Waals surface area contributed by atoms with Gasteiger partial charge in [0.1, 0.15) is 0 Å². The average Bonchev–Trinajstić information content (AvgIpc) is 2.78. The first kappa shape index (κ1) is 13.1. The molecule has 100 valence electrons. The number of carbonyl (C=O) groups excluding carboxylic acids is 2. The van der Waals surface area contributed by atoms with E-state index in [0.717, 1.165) is 0 Å². The average molecular weight is 262 g/mol. The van der Waals surface area contributed by atoms with Crippen molar-refractivity contribution in [2.75, 3.05) is 11.9 Å². The molecule has 3 N–H and O–H groups in total. The number of carbonyl (C=O) groups is 3. The van der Waals surface area contributed by atoms with E-state index in [1.165, 1.54) is 6.07 Å². The van der Waals surface area contributed by atoms with Crippen LogP contribution in [0, 0.1) is 12.8 Å². The Kier molecular flexibility index (Phi) is 3.50. The van der Waals surface area contributed by atoms with Crippen LogP contribution in [0.15, 0.2) is 18.2 Å². The van der Waals surface area contributed by atoms with Gasteiger partial charge in [0, 0.05) is 18.7 Å². The summed E-state index contributed by atoms with van der Waals surface area (Å²) >= 11 is 0. The maximum atomic E-state index is 11.9. The molecule has 1 heterocycles. The minimum Gasteiger partial charge on any atom is -0.478 e. The lowest BCUT2D eigenvalue weighted by atomic mass is 10.1. The first-order chi connectivity index (χ1) is 8.97. The van der Waals surface area contributed by atoms with Gasteiger partial charge in [-0.2, -0.15) is 0 Å². The van der Waals surface area contributed by atoms with E-state index in [9.17, 15) is 14.4 Å². The van der Waals surface area contributed by atoms with Crippen LogP contribution in [0.25, 0.3) is 0 Å². The highest BCUT2D eigenvalue weighted by Crippen LogP contribution is 2.18. The first-order valence-electron chi connectivity index (χ1n) is 5.89. The summed E-state index contributed by atoms with van der Waals surface area (Å²) in [6.07, 6.45) is 0.170. The van der Waals surface area contributed by atoms with Crippen LogP contribution in [0.5, 0.6) is 0 Å². The Balaban J connectivity index is 2.11. The van der Waals surface area contributed by atoms with Crippen LogP contribution in [0.2, 0.25) is 0 Å². The molecule has 0 saturated carbocycles. The molecule has 1 atom stereocenters. The minimum atomic E-state index is -1.04. The van der Waals surface area contributed by atoms with Crippen LogP contribution in [0.1, 0.15) is 22.3 Å². The van der Waals surface area contributed by atoms with E-state index in [2.05, 4.69) is 10.6 Å². The van der Waals surface area contributed by atoms with Crippen LogP contribution < -0.4 is 10.6 Å². The molecule has 1 aromatic carbocycles. The minimum absolute atomic E-state index is 0.143. The normalized spacial score (nSPS) is 17.9. The van der Waals surface area contributed by atoms with Crippen molar-refractivity contribution in [1.82, 2.24) is 5.32 Å². The summed E-state index contributed by atoms with van der Waals surface area (Å²) in [7, 11) is 0. The zero-order chi connectivity index (χ0) is 14.0. The molecule has 1 unspecified atom stereocenters. The second-order valence-corrected chi connectivity index (χ2v) is 4.53. The molecule has 2 rings (SSSR count). The lowest BCUT2D eigenvalue weighted by Gasteiger charge is -2.10. The maximum Gasteiger partial charge on any atom is 0.336 e. The number of rotatable bonds is 3. The molecule has 1 aliphatic heterocycles. The zero-order valence-electron chi connectivity index (χ0n) is 10.4. The van der Waals surface area contributed by atoms with E-state index in [4.69, 9.17) is 5.11 Å². The van der Waals surface area contributed by atoms with Gasteiger partial charge in [0.2, 0.25) is 11.8 Å². The molecule has 0 spiro atoms. The van der Waals surface area contributed by atoms with E-state index in [0.29, 0.717) is 17.8 Å². The Labute approximate surface area is 109 Å². The van der Waals surface area contributed by atoms with Gasteiger partial charge in [0.05, 0.1) is 11.5 Å². The summed E-state index contributed by atoms with van der Waals surface area (Å²) in [5.41, 5.74) is 1.20. The van der Waals surface area contributed by atoms with Gasteiger partial charge in [-0.25, -0.2) is 4.79 Å². The van der Waals surface area contributed by atoms with Crippen LogP contribution >= 0.6 is 0 Å². The van der Waals surface area contributed by atoms with Crippen molar-refractivity contribution >= 4 is 23.5 Å². The smallest absolute Gasteiger partial charge is 0.336 e. The van der Waals surface area contributed by atoms with Crippen LogP contribution in [-0.4, -0.2) is 29.4 Å². The second-order valence-electron chi connectivity index (χ2n) is 4.53. The van der Waals surface area contributed by atoms with Crippen molar-refractivity contribution in [3.8, 4) is 0 Å². The Bertz CT molecular complexity index is 554. The van der Waals surface area contributed by atoms with Gasteiger partial charge in [0.15, 0.2) is 0 Å². The maximum absolute atomic E-state index is 11.9. The van der Waals surface area contributed by atoms with Crippen molar-refractivity contribution in [3.63, 3.8) is 0 Å². The molecule has 1 aliphatic rings. The van der Waals surface area contributed by atoms with Crippen LogP contribution in [-0.2, 0) is 9.59 Å². The van der Waals surface area contributed by atoms with Gasteiger partial charge < -0.3 is 15.7 Å². The third kappa shape index (κ3) is 2.90. The van der Waals surface area contributed by atoms with E-state index in [1.807, 2.05) is 0 Å². The molecule has 1 saturated heterocycles. The molecule has 19 heavy (non-hydrogen) atoms. The standard InChI is InChI=1S/C13H14N2O4/c1-7-2-3-9(5-10(7)13(18)19)15-12(17)8-4-11(16)14-6-8/h2-3,5,8H,4,6H2,1H3,(H,14,16)(H,15,17)(H,18,19). The first-order valence-corrected chi connectivity index (χ1v) is 5.89.